The molecule has 23 heavy (non-hydrogen) atoms. The van der Waals surface area contributed by atoms with Crippen LogP contribution in [0, 0.1) is 6.92 Å². The van der Waals surface area contributed by atoms with E-state index in [-0.39, 0.29) is 0 Å². The summed E-state index contributed by atoms with van der Waals surface area (Å²) in [4.78, 5) is 8.74. The van der Waals surface area contributed by atoms with Crippen molar-refractivity contribution in [3.05, 3.63) is 39.8 Å². The van der Waals surface area contributed by atoms with Crippen LogP contribution in [0.5, 0.6) is 11.5 Å². The van der Waals surface area contributed by atoms with Gasteiger partial charge in [0.15, 0.2) is 17.5 Å². The number of hydrogen-bond acceptors (Lipinski definition) is 5. The van der Waals surface area contributed by atoms with Crippen molar-refractivity contribution in [2.75, 3.05) is 20.8 Å². The number of nitrogens with two attached hydrogens (primary N) is 1. The molecule has 0 aliphatic heterocycles. The maximum atomic E-state index is 5.88. The van der Waals surface area contributed by atoms with Crippen molar-refractivity contribution < 1.29 is 9.47 Å². The van der Waals surface area contributed by atoms with Gasteiger partial charge in [0.2, 0.25) is 0 Å². The molecule has 0 atom stereocenters. The van der Waals surface area contributed by atoms with E-state index in [0.29, 0.717) is 30.5 Å². The van der Waals surface area contributed by atoms with E-state index in [4.69, 9.17) is 15.2 Å². The number of guanidine groups is 1. The highest BCUT2D eigenvalue weighted by Crippen LogP contribution is 2.27. The predicted molar refractivity (Wildman–Crippen MR) is 93.4 cm³/mol. The maximum Gasteiger partial charge on any atom is 0.188 e. The van der Waals surface area contributed by atoms with Crippen LogP contribution in [0.3, 0.4) is 0 Å². The zero-order valence-corrected chi connectivity index (χ0v) is 14.4. The van der Waals surface area contributed by atoms with Gasteiger partial charge in [-0.2, -0.15) is 0 Å². The molecule has 0 unspecified atom stereocenters. The molecule has 3 N–H and O–H groups in total. The lowest BCUT2D eigenvalue weighted by molar-refractivity contribution is 0.354. The Labute approximate surface area is 140 Å². The molecule has 0 fully saturated rings. The van der Waals surface area contributed by atoms with Crippen LogP contribution in [0.15, 0.2) is 28.6 Å². The molecule has 0 saturated carbocycles. The highest BCUT2D eigenvalue weighted by atomic mass is 32.1. The SMILES string of the molecule is COc1ccc(CN=C(N)NCCc2csc(C)n2)cc1OC. The van der Waals surface area contributed by atoms with E-state index in [1.165, 1.54) is 0 Å². The Morgan fingerprint density at radius 2 is 2.09 bits per heavy atom. The van der Waals surface area contributed by atoms with Gasteiger partial charge in [0.25, 0.3) is 0 Å². The quantitative estimate of drug-likeness (QED) is 0.599. The summed E-state index contributed by atoms with van der Waals surface area (Å²) in [6.45, 7) is 3.19. The standard InChI is InChI=1S/C16H22N4O2S/c1-11-20-13(10-23-11)6-7-18-16(17)19-9-12-4-5-14(21-2)15(8-12)22-3/h4-5,8,10H,6-7,9H2,1-3H3,(H3,17,18,19). The fourth-order valence-electron chi connectivity index (χ4n) is 2.05. The molecule has 1 aromatic carbocycles. The molecule has 0 aliphatic rings. The van der Waals surface area contributed by atoms with Crippen molar-refractivity contribution in [2.45, 2.75) is 19.9 Å². The number of hydrogen-bond donors (Lipinski definition) is 2. The van der Waals surface area contributed by atoms with E-state index in [1.54, 1.807) is 25.6 Å². The van der Waals surface area contributed by atoms with Gasteiger partial charge in [-0.1, -0.05) is 6.07 Å². The van der Waals surface area contributed by atoms with Crippen LogP contribution in [0.25, 0.3) is 0 Å². The van der Waals surface area contributed by atoms with Crippen LogP contribution in [0.2, 0.25) is 0 Å². The van der Waals surface area contributed by atoms with E-state index < -0.39 is 0 Å². The third-order valence-corrected chi connectivity index (χ3v) is 4.06. The molecule has 1 heterocycles. The first kappa shape index (κ1) is 17.1. The number of rotatable bonds is 7. The molecule has 0 radical (unpaired) electrons. The number of aromatic nitrogens is 1. The molecular weight excluding hydrogens is 312 g/mol. The Morgan fingerprint density at radius 3 is 2.74 bits per heavy atom. The van der Waals surface area contributed by atoms with Crippen molar-refractivity contribution in [2.24, 2.45) is 10.7 Å². The minimum Gasteiger partial charge on any atom is -0.493 e. The van der Waals surface area contributed by atoms with Crippen LogP contribution >= 0.6 is 11.3 Å². The minimum absolute atomic E-state index is 0.423. The Balaban J connectivity index is 1.84. The number of aryl methyl sites for hydroxylation is 1. The monoisotopic (exact) mass is 334 g/mol. The summed E-state index contributed by atoms with van der Waals surface area (Å²) in [6.07, 6.45) is 0.830. The van der Waals surface area contributed by atoms with Gasteiger partial charge in [-0.05, 0) is 24.6 Å². The number of benzene rings is 1. The van der Waals surface area contributed by atoms with Crippen molar-refractivity contribution in [1.29, 1.82) is 0 Å². The number of aliphatic imine (C=N–C) groups is 1. The number of nitrogens with one attached hydrogen (secondary N) is 1. The van der Waals surface area contributed by atoms with Crippen molar-refractivity contribution in [3.8, 4) is 11.5 Å². The smallest absolute Gasteiger partial charge is 0.188 e. The van der Waals surface area contributed by atoms with Crippen molar-refractivity contribution >= 4 is 17.3 Å². The summed E-state index contributed by atoms with van der Waals surface area (Å²) in [5, 5.41) is 6.24. The Morgan fingerprint density at radius 1 is 1.30 bits per heavy atom. The predicted octanol–water partition coefficient (Wildman–Crippen LogP) is 2.12. The number of methoxy groups -OCH3 is 2. The molecule has 0 saturated heterocycles. The van der Waals surface area contributed by atoms with Gasteiger partial charge in [0.05, 0.1) is 31.5 Å². The molecule has 1 aromatic heterocycles. The van der Waals surface area contributed by atoms with Gasteiger partial charge in [-0.25, -0.2) is 9.98 Å². The third kappa shape index (κ3) is 5.14. The van der Waals surface area contributed by atoms with Gasteiger partial charge in [-0.15, -0.1) is 11.3 Å². The van der Waals surface area contributed by atoms with Gasteiger partial charge >= 0.3 is 0 Å². The first-order valence-corrected chi connectivity index (χ1v) is 8.16. The van der Waals surface area contributed by atoms with Crippen LogP contribution in [-0.2, 0) is 13.0 Å². The lowest BCUT2D eigenvalue weighted by Crippen LogP contribution is -2.33. The second-order valence-electron chi connectivity index (χ2n) is 4.93. The molecule has 0 aliphatic carbocycles. The number of ether oxygens (including phenoxy) is 2. The zero-order chi connectivity index (χ0) is 16.7. The minimum atomic E-state index is 0.423. The molecule has 2 rings (SSSR count). The van der Waals surface area contributed by atoms with Gasteiger partial charge in [-0.3, -0.25) is 0 Å². The summed E-state index contributed by atoms with van der Waals surface area (Å²) in [5.74, 6) is 1.81. The lowest BCUT2D eigenvalue weighted by Gasteiger charge is -2.09. The van der Waals surface area contributed by atoms with Gasteiger partial charge < -0.3 is 20.5 Å². The Bertz CT molecular complexity index is 670. The number of thiazole rings is 1. The van der Waals surface area contributed by atoms with E-state index in [0.717, 1.165) is 22.7 Å². The van der Waals surface area contributed by atoms with E-state index in [2.05, 4.69) is 20.7 Å². The Kier molecular flexibility index (Phi) is 6.22. The first-order valence-electron chi connectivity index (χ1n) is 7.28. The second-order valence-corrected chi connectivity index (χ2v) is 5.99. The topological polar surface area (TPSA) is 81.8 Å². The molecular formula is C16H22N4O2S. The fraction of sp³-hybridized carbons (Fsp3) is 0.375. The Hall–Kier alpha value is -2.28. The summed E-state index contributed by atoms with van der Waals surface area (Å²) in [5.41, 5.74) is 7.96. The third-order valence-electron chi connectivity index (χ3n) is 3.23. The maximum absolute atomic E-state index is 5.88. The van der Waals surface area contributed by atoms with Crippen LogP contribution in [-0.4, -0.2) is 31.7 Å². The van der Waals surface area contributed by atoms with Crippen molar-refractivity contribution in [1.82, 2.24) is 10.3 Å². The summed E-state index contributed by atoms with van der Waals surface area (Å²) < 4.78 is 10.5. The summed E-state index contributed by atoms with van der Waals surface area (Å²) in [7, 11) is 3.22. The fourth-order valence-corrected chi connectivity index (χ4v) is 2.70. The second kappa shape index (κ2) is 8.38. The molecule has 0 bridgehead atoms. The molecule has 124 valence electrons. The highest BCUT2D eigenvalue weighted by Gasteiger charge is 2.04. The molecule has 2 aromatic rings. The average Bonchev–Trinajstić information content (AvgIpc) is 2.98. The van der Waals surface area contributed by atoms with Crippen LogP contribution < -0.4 is 20.5 Å². The van der Waals surface area contributed by atoms with Crippen LogP contribution in [0.1, 0.15) is 16.3 Å². The van der Waals surface area contributed by atoms with Gasteiger partial charge in [0, 0.05) is 18.3 Å². The largest absolute Gasteiger partial charge is 0.493 e. The molecule has 7 heteroatoms. The van der Waals surface area contributed by atoms with E-state index in [9.17, 15) is 0 Å². The molecule has 6 nitrogen and oxygen atoms in total. The number of nitrogens with zero attached hydrogens (tertiary/aromatic N) is 2. The van der Waals surface area contributed by atoms with Crippen molar-refractivity contribution in [3.63, 3.8) is 0 Å². The summed E-state index contributed by atoms with van der Waals surface area (Å²) in [6, 6.07) is 5.70. The highest BCUT2D eigenvalue weighted by molar-refractivity contribution is 7.09. The normalized spacial score (nSPS) is 11.3. The summed E-state index contributed by atoms with van der Waals surface area (Å²) >= 11 is 1.65. The first-order chi connectivity index (χ1) is 11.1. The molecule has 0 amide bonds. The van der Waals surface area contributed by atoms with Gasteiger partial charge in [0.1, 0.15) is 0 Å². The average molecular weight is 334 g/mol. The van der Waals surface area contributed by atoms with E-state index in [1.807, 2.05) is 25.1 Å². The zero-order valence-electron chi connectivity index (χ0n) is 13.6. The molecule has 0 spiro atoms. The lowest BCUT2D eigenvalue weighted by atomic mass is 10.2. The van der Waals surface area contributed by atoms with Crippen LogP contribution in [0.4, 0.5) is 0 Å². The van der Waals surface area contributed by atoms with E-state index >= 15 is 0 Å².